The van der Waals surface area contributed by atoms with Gasteiger partial charge < -0.3 is 4.74 Å². The van der Waals surface area contributed by atoms with Gasteiger partial charge in [-0.2, -0.15) is 0 Å². The molecule has 0 saturated heterocycles. The smallest absolute Gasteiger partial charge is 0.118 e. The molecule has 1 aromatic carbocycles. The zero-order valence-corrected chi connectivity index (χ0v) is 25.0. The largest absolute Gasteiger partial charge is 0.490 e. The van der Waals surface area contributed by atoms with E-state index in [1.807, 2.05) is 6.08 Å². The highest BCUT2D eigenvalue weighted by Gasteiger charge is 2.48. The van der Waals surface area contributed by atoms with Gasteiger partial charge in [0.2, 0.25) is 0 Å². The highest BCUT2D eigenvalue weighted by molar-refractivity contribution is 6.97. The summed E-state index contributed by atoms with van der Waals surface area (Å²) in [5.41, 5.74) is 8.17. The standard InChI is InChI=1S/C29H48OSi2/c1-14-17-30-27-25(31(12,13)29(9,10)11)18-20(4)19-26(27)32(15-2,16-3)28-23(7)21(5)22(6)24(28)8/h14,18-19,28H,1,15-17H2,2-13H3. The molecule has 0 saturated carbocycles. The van der Waals surface area contributed by atoms with Crippen LogP contribution in [0.1, 0.15) is 67.9 Å². The van der Waals surface area contributed by atoms with E-state index in [4.69, 9.17) is 4.74 Å². The molecule has 1 aromatic rings. The van der Waals surface area contributed by atoms with Crippen molar-refractivity contribution in [3.8, 4) is 5.75 Å². The second-order valence-electron chi connectivity index (χ2n) is 11.6. The third-order valence-electron chi connectivity index (χ3n) is 9.09. The van der Waals surface area contributed by atoms with Crippen LogP contribution in [0, 0.1) is 6.92 Å². The molecule has 1 aliphatic carbocycles. The van der Waals surface area contributed by atoms with Crippen molar-refractivity contribution in [2.75, 3.05) is 6.61 Å². The average Bonchev–Trinajstić information content (AvgIpc) is 2.91. The topological polar surface area (TPSA) is 9.23 Å². The lowest BCUT2D eigenvalue weighted by Crippen LogP contribution is -2.57. The quantitative estimate of drug-likeness (QED) is 0.277. The summed E-state index contributed by atoms with van der Waals surface area (Å²) in [5, 5.41) is 3.30. The Kier molecular flexibility index (Phi) is 7.99. The highest BCUT2D eigenvalue weighted by Crippen LogP contribution is 2.50. The van der Waals surface area contributed by atoms with Crippen LogP contribution < -0.4 is 15.1 Å². The number of hydrogen-bond acceptors (Lipinski definition) is 1. The van der Waals surface area contributed by atoms with Crippen molar-refractivity contribution in [1.29, 1.82) is 0 Å². The first-order valence-electron chi connectivity index (χ1n) is 12.5. The lowest BCUT2D eigenvalue weighted by Gasteiger charge is -2.43. The van der Waals surface area contributed by atoms with E-state index in [9.17, 15) is 0 Å². The van der Waals surface area contributed by atoms with Crippen LogP contribution in [0.15, 0.2) is 47.1 Å². The van der Waals surface area contributed by atoms with Gasteiger partial charge in [0.1, 0.15) is 20.4 Å². The number of benzene rings is 1. The van der Waals surface area contributed by atoms with Crippen molar-refractivity contribution in [3.05, 3.63) is 52.6 Å². The number of rotatable bonds is 8. The van der Waals surface area contributed by atoms with E-state index >= 15 is 0 Å². The van der Waals surface area contributed by atoms with Gasteiger partial charge in [0.25, 0.3) is 0 Å². The first-order chi connectivity index (χ1) is 14.7. The van der Waals surface area contributed by atoms with E-state index in [2.05, 4.69) is 101 Å². The molecular weight excluding hydrogens is 420 g/mol. The van der Waals surface area contributed by atoms with Crippen LogP contribution in [0.5, 0.6) is 5.75 Å². The maximum absolute atomic E-state index is 6.67. The molecule has 0 radical (unpaired) electrons. The van der Waals surface area contributed by atoms with Crippen molar-refractivity contribution in [3.63, 3.8) is 0 Å². The SMILES string of the molecule is C=CCOc1c([Si](CC)(CC)C2C(C)=C(C)C(C)=C2C)cc(C)cc1[Si](C)(C)C(C)(C)C. The zero-order valence-electron chi connectivity index (χ0n) is 23.0. The molecule has 1 nitrogen and oxygen atoms in total. The molecule has 0 N–H and O–H groups in total. The van der Waals surface area contributed by atoms with Gasteiger partial charge in [-0.1, -0.05) is 101 Å². The third kappa shape index (κ3) is 4.27. The Morgan fingerprint density at radius 1 is 0.906 bits per heavy atom. The second-order valence-corrected chi connectivity index (χ2v) is 21.7. The maximum atomic E-state index is 6.67. The molecule has 0 atom stereocenters. The lowest BCUT2D eigenvalue weighted by atomic mass is 10.1. The molecular formula is C29H48OSi2. The highest BCUT2D eigenvalue weighted by atomic mass is 28.3. The molecule has 0 fully saturated rings. The number of hydrogen-bond donors (Lipinski definition) is 0. The number of allylic oxidation sites excluding steroid dienone is 4. The molecule has 0 heterocycles. The summed E-state index contributed by atoms with van der Waals surface area (Å²) in [4.78, 5) is 0. The number of ether oxygens (including phenoxy) is 1. The Morgan fingerprint density at radius 3 is 1.78 bits per heavy atom. The van der Waals surface area contributed by atoms with Gasteiger partial charge in [-0.15, -0.1) is 0 Å². The van der Waals surface area contributed by atoms with Gasteiger partial charge in [0.05, 0.1) is 8.07 Å². The van der Waals surface area contributed by atoms with Gasteiger partial charge in [-0.05, 0) is 61.2 Å². The van der Waals surface area contributed by atoms with Crippen LogP contribution in [-0.2, 0) is 0 Å². The predicted molar refractivity (Wildman–Crippen MR) is 151 cm³/mol. The minimum absolute atomic E-state index is 0.249. The van der Waals surface area contributed by atoms with Crippen molar-refractivity contribution in [2.45, 2.75) is 105 Å². The Labute approximate surface area is 201 Å². The first-order valence-corrected chi connectivity index (χ1v) is 17.9. The van der Waals surface area contributed by atoms with Crippen molar-refractivity contribution < 1.29 is 4.74 Å². The molecule has 0 unspecified atom stereocenters. The molecule has 178 valence electrons. The summed E-state index contributed by atoms with van der Waals surface area (Å²) in [6.45, 7) is 33.4. The Bertz CT molecular complexity index is 913. The van der Waals surface area contributed by atoms with Crippen LogP contribution in [0.2, 0.25) is 35.8 Å². The van der Waals surface area contributed by atoms with Gasteiger partial charge in [0.15, 0.2) is 0 Å². The fourth-order valence-electron chi connectivity index (χ4n) is 5.68. The van der Waals surface area contributed by atoms with E-state index in [1.165, 1.54) is 39.7 Å². The average molecular weight is 469 g/mol. The minimum Gasteiger partial charge on any atom is -0.490 e. The summed E-state index contributed by atoms with van der Waals surface area (Å²) in [7, 11) is -3.75. The third-order valence-corrected chi connectivity index (χ3v) is 20.5. The summed E-state index contributed by atoms with van der Waals surface area (Å²) in [6, 6.07) is 7.40. The van der Waals surface area contributed by atoms with Crippen LogP contribution >= 0.6 is 0 Å². The van der Waals surface area contributed by atoms with Gasteiger partial charge >= 0.3 is 0 Å². The molecule has 32 heavy (non-hydrogen) atoms. The molecule has 3 heteroatoms. The molecule has 0 aromatic heterocycles. The fraction of sp³-hybridized carbons (Fsp3) is 0.586. The fourth-order valence-corrected chi connectivity index (χ4v) is 13.6. The summed E-state index contributed by atoms with van der Waals surface area (Å²) >= 11 is 0. The van der Waals surface area contributed by atoms with Crippen LogP contribution in [-0.4, -0.2) is 22.8 Å². The normalized spacial score (nSPS) is 16.2. The van der Waals surface area contributed by atoms with E-state index in [1.54, 1.807) is 16.3 Å². The Balaban J connectivity index is 2.97. The van der Waals surface area contributed by atoms with E-state index in [0.29, 0.717) is 12.1 Å². The van der Waals surface area contributed by atoms with Crippen LogP contribution in [0.4, 0.5) is 0 Å². The second kappa shape index (κ2) is 9.50. The van der Waals surface area contributed by atoms with Crippen molar-refractivity contribution >= 4 is 26.5 Å². The zero-order chi connectivity index (χ0) is 24.6. The van der Waals surface area contributed by atoms with E-state index in [0.717, 1.165) is 0 Å². The molecule has 0 aliphatic heterocycles. The summed E-state index contributed by atoms with van der Waals surface area (Å²) < 4.78 is 6.67. The molecule has 1 aliphatic rings. The number of aryl methyl sites for hydroxylation is 1. The lowest BCUT2D eigenvalue weighted by molar-refractivity contribution is 0.368. The van der Waals surface area contributed by atoms with Crippen molar-refractivity contribution in [2.24, 2.45) is 0 Å². The van der Waals surface area contributed by atoms with Crippen LogP contribution in [0.25, 0.3) is 0 Å². The van der Waals surface area contributed by atoms with E-state index < -0.39 is 16.1 Å². The summed E-state index contributed by atoms with van der Waals surface area (Å²) in [6.07, 6.45) is 1.90. The van der Waals surface area contributed by atoms with Gasteiger partial charge in [0, 0.05) is 5.54 Å². The molecule has 0 spiro atoms. The Hall–Kier alpha value is -1.33. The van der Waals surface area contributed by atoms with Gasteiger partial charge in [-0.25, -0.2) is 0 Å². The molecule has 2 rings (SSSR count). The summed E-state index contributed by atoms with van der Waals surface area (Å²) in [5.74, 6) is 1.21. The minimum atomic E-state index is -1.94. The monoisotopic (exact) mass is 468 g/mol. The maximum Gasteiger partial charge on any atom is 0.118 e. The Morgan fingerprint density at radius 2 is 1.38 bits per heavy atom. The first kappa shape index (κ1) is 26.9. The van der Waals surface area contributed by atoms with Crippen molar-refractivity contribution in [1.82, 2.24) is 0 Å². The van der Waals surface area contributed by atoms with Crippen LogP contribution in [0.3, 0.4) is 0 Å². The van der Waals surface area contributed by atoms with E-state index in [-0.39, 0.29) is 5.04 Å². The van der Waals surface area contributed by atoms with Gasteiger partial charge in [-0.3, -0.25) is 0 Å². The predicted octanol–water partition coefficient (Wildman–Crippen LogP) is 8.03. The molecule has 0 amide bonds. The molecule has 0 bridgehead atoms.